The first-order valence-electron chi connectivity index (χ1n) is 5.86. The molecule has 0 aliphatic carbocycles. The highest BCUT2D eigenvalue weighted by atomic mass is 16.5. The molecule has 6 heteroatoms. The van der Waals surface area contributed by atoms with Gasteiger partial charge in [-0.25, -0.2) is 0 Å². The number of nitrogens with two attached hydrogens (primary N) is 1. The first-order chi connectivity index (χ1) is 8.02. The van der Waals surface area contributed by atoms with Crippen molar-refractivity contribution in [2.24, 2.45) is 17.6 Å². The molecule has 0 saturated carbocycles. The molecule has 1 rings (SSSR count). The Hall–Kier alpha value is -1.14. The van der Waals surface area contributed by atoms with Crippen LogP contribution >= 0.6 is 0 Å². The van der Waals surface area contributed by atoms with Gasteiger partial charge in [0.15, 0.2) is 0 Å². The summed E-state index contributed by atoms with van der Waals surface area (Å²) in [5.74, 6) is -1.55. The minimum absolute atomic E-state index is 0.0991. The number of carbonyl (C=O) groups is 2. The zero-order valence-electron chi connectivity index (χ0n) is 10.0. The predicted molar refractivity (Wildman–Crippen MR) is 61.3 cm³/mol. The van der Waals surface area contributed by atoms with Crippen LogP contribution in [0.3, 0.4) is 0 Å². The first kappa shape index (κ1) is 13.9. The van der Waals surface area contributed by atoms with Crippen molar-refractivity contribution in [3.05, 3.63) is 0 Å². The highest BCUT2D eigenvalue weighted by molar-refractivity contribution is 5.79. The first-order valence-corrected chi connectivity index (χ1v) is 5.86. The maximum absolute atomic E-state index is 11.6. The van der Waals surface area contributed by atoms with Crippen LogP contribution in [-0.4, -0.2) is 42.8 Å². The Labute approximate surface area is 101 Å². The van der Waals surface area contributed by atoms with E-state index >= 15 is 0 Å². The van der Waals surface area contributed by atoms with E-state index in [0.717, 1.165) is 0 Å². The summed E-state index contributed by atoms with van der Waals surface area (Å²) in [4.78, 5) is 22.2. The maximum Gasteiger partial charge on any atom is 0.306 e. The third-order valence-corrected chi connectivity index (χ3v) is 3.00. The van der Waals surface area contributed by atoms with Crippen LogP contribution in [0, 0.1) is 11.8 Å². The van der Waals surface area contributed by atoms with E-state index in [1.165, 1.54) is 0 Å². The van der Waals surface area contributed by atoms with Crippen LogP contribution in [-0.2, 0) is 14.3 Å². The van der Waals surface area contributed by atoms with E-state index in [0.29, 0.717) is 32.6 Å². The smallest absolute Gasteiger partial charge is 0.306 e. The lowest BCUT2D eigenvalue weighted by Gasteiger charge is -2.13. The summed E-state index contributed by atoms with van der Waals surface area (Å²) in [6.45, 7) is 2.94. The number of ether oxygens (including phenoxy) is 1. The molecule has 3 atom stereocenters. The number of rotatable bonds is 6. The molecule has 3 unspecified atom stereocenters. The second kappa shape index (κ2) is 6.56. The van der Waals surface area contributed by atoms with E-state index in [9.17, 15) is 9.59 Å². The zero-order chi connectivity index (χ0) is 12.8. The standard InChI is InChI=1S/C11H20N2O4/c1-7(11(15)16)3-2-4-13-10(14)8-5-17-6-9(8)12/h7-9H,2-6,12H2,1H3,(H,13,14)(H,15,16). The summed E-state index contributed by atoms with van der Waals surface area (Å²) >= 11 is 0. The molecule has 1 heterocycles. The van der Waals surface area contributed by atoms with Gasteiger partial charge in [-0.15, -0.1) is 0 Å². The van der Waals surface area contributed by atoms with Gasteiger partial charge in [-0.3, -0.25) is 9.59 Å². The van der Waals surface area contributed by atoms with Crippen LogP contribution in [0.4, 0.5) is 0 Å². The molecule has 4 N–H and O–H groups in total. The van der Waals surface area contributed by atoms with E-state index in [-0.39, 0.29) is 23.8 Å². The number of hydrogen-bond acceptors (Lipinski definition) is 4. The normalized spacial score (nSPS) is 25.5. The van der Waals surface area contributed by atoms with Crippen LogP contribution < -0.4 is 11.1 Å². The second-order valence-electron chi connectivity index (χ2n) is 4.48. The fourth-order valence-electron chi connectivity index (χ4n) is 1.72. The van der Waals surface area contributed by atoms with Gasteiger partial charge in [-0.1, -0.05) is 6.92 Å². The summed E-state index contributed by atoms with van der Waals surface area (Å²) in [6, 6.07) is -0.229. The molecule has 0 aromatic rings. The number of nitrogens with one attached hydrogen (secondary N) is 1. The van der Waals surface area contributed by atoms with Crippen LogP contribution in [0.2, 0.25) is 0 Å². The summed E-state index contributed by atoms with van der Waals surface area (Å²) < 4.78 is 5.10. The molecule has 98 valence electrons. The minimum Gasteiger partial charge on any atom is -0.481 e. The van der Waals surface area contributed by atoms with Gasteiger partial charge in [0.05, 0.1) is 25.0 Å². The van der Waals surface area contributed by atoms with Gasteiger partial charge in [0.1, 0.15) is 0 Å². The maximum atomic E-state index is 11.6. The van der Waals surface area contributed by atoms with Crippen LogP contribution in [0.1, 0.15) is 19.8 Å². The number of carboxylic acid groups (broad SMARTS) is 1. The highest BCUT2D eigenvalue weighted by Gasteiger charge is 2.30. The largest absolute Gasteiger partial charge is 0.481 e. The third-order valence-electron chi connectivity index (χ3n) is 3.00. The Balaban J connectivity index is 2.14. The van der Waals surface area contributed by atoms with Crippen LogP contribution in [0.5, 0.6) is 0 Å². The number of carbonyl (C=O) groups excluding carboxylic acids is 1. The quantitative estimate of drug-likeness (QED) is 0.551. The number of carboxylic acids is 1. The highest BCUT2D eigenvalue weighted by Crippen LogP contribution is 2.11. The SMILES string of the molecule is CC(CCCNC(=O)C1COCC1N)C(=O)O. The topological polar surface area (TPSA) is 102 Å². The number of amides is 1. The minimum atomic E-state index is -0.803. The molecule has 0 spiro atoms. The van der Waals surface area contributed by atoms with Crippen molar-refractivity contribution in [1.29, 1.82) is 0 Å². The summed E-state index contributed by atoms with van der Waals surface area (Å²) in [7, 11) is 0. The molecule has 0 aromatic carbocycles. The van der Waals surface area contributed by atoms with Gasteiger partial charge in [0.25, 0.3) is 0 Å². The third kappa shape index (κ3) is 4.32. The molecular weight excluding hydrogens is 224 g/mol. The molecule has 1 fully saturated rings. The van der Waals surface area contributed by atoms with Crippen molar-refractivity contribution in [3.8, 4) is 0 Å². The van der Waals surface area contributed by atoms with E-state index < -0.39 is 5.97 Å². The van der Waals surface area contributed by atoms with E-state index in [2.05, 4.69) is 5.32 Å². The van der Waals surface area contributed by atoms with Gasteiger partial charge in [-0.05, 0) is 12.8 Å². The average Bonchev–Trinajstić information content (AvgIpc) is 2.70. The summed E-state index contributed by atoms with van der Waals surface area (Å²) in [5, 5.41) is 11.4. The molecule has 6 nitrogen and oxygen atoms in total. The molecule has 1 amide bonds. The Morgan fingerprint density at radius 1 is 1.53 bits per heavy atom. The Bertz CT molecular complexity index is 283. The lowest BCUT2D eigenvalue weighted by Crippen LogP contribution is -2.41. The lowest BCUT2D eigenvalue weighted by atomic mass is 10.0. The molecule has 1 aliphatic heterocycles. The van der Waals surface area contributed by atoms with Crippen molar-refractivity contribution in [2.75, 3.05) is 19.8 Å². The van der Waals surface area contributed by atoms with Crippen LogP contribution in [0.25, 0.3) is 0 Å². The lowest BCUT2D eigenvalue weighted by molar-refractivity contribution is -0.141. The van der Waals surface area contributed by atoms with Gasteiger partial charge in [-0.2, -0.15) is 0 Å². The van der Waals surface area contributed by atoms with Crippen LogP contribution in [0.15, 0.2) is 0 Å². The molecule has 0 radical (unpaired) electrons. The second-order valence-corrected chi connectivity index (χ2v) is 4.48. The van der Waals surface area contributed by atoms with Gasteiger partial charge in [0, 0.05) is 12.6 Å². The van der Waals surface area contributed by atoms with Gasteiger partial charge >= 0.3 is 5.97 Å². The summed E-state index contributed by atoms with van der Waals surface area (Å²) in [5.41, 5.74) is 5.71. The molecule has 1 saturated heterocycles. The van der Waals surface area contributed by atoms with Crippen molar-refractivity contribution in [1.82, 2.24) is 5.32 Å². The van der Waals surface area contributed by atoms with Crippen molar-refractivity contribution >= 4 is 11.9 Å². The Morgan fingerprint density at radius 2 is 2.24 bits per heavy atom. The van der Waals surface area contributed by atoms with Crippen molar-refractivity contribution in [3.63, 3.8) is 0 Å². The Morgan fingerprint density at radius 3 is 2.76 bits per heavy atom. The predicted octanol–water partition coefficient (Wildman–Crippen LogP) is -0.423. The fraction of sp³-hybridized carbons (Fsp3) is 0.818. The molecular formula is C11H20N2O4. The van der Waals surface area contributed by atoms with Crippen molar-refractivity contribution in [2.45, 2.75) is 25.8 Å². The Kier molecular flexibility index (Phi) is 5.37. The van der Waals surface area contributed by atoms with Gasteiger partial charge < -0.3 is 20.9 Å². The number of aliphatic carboxylic acids is 1. The van der Waals surface area contributed by atoms with E-state index in [4.69, 9.17) is 15.6 Å². The van der Waals surface area contributed by atoms with Crippen molar-refractivity contribution < 1.29 is 19.4 Å². The molecule has 0 bridgehead atoms. The molecule has 17 heavy (non-hydrogen) atoms. The average molecular weight is 244 g/mol. The van der Waals surface area contributed by atoms with E-state index in [1.54, 1.807) is 6.92 Å². The fourth-order valence-corrected chi connectivity index (χ4v) is 1.72. The number of hydrogen-bond donors (Lipinski definition) is 3. The molecule has 0 aromatic heterocycles. The monoisotopic (exact) mass is 244 g/mol. The molecule has 1 aliphatic rings. The van der Waals surface area contributed by atoms with E-state index in [1.807, 2.05) is 0 Å². The summed E-state index contributed by atoms with van der Waals surface area (Å²) in [6.07, 6.45) is 1.21. The zero-order valence-corrected chi connectivity index (χ0v) is 10.0. The van der Waals surface area contributed by atoms with Gasteiger partial charge in [0.2, 0.25) is 5.91 Å².